The average molecular weight is 370 g/mol. The van der Waals surface area contributed by atoms with Crippen molar-refractivity contribution in [2.45, 2.75) is 44.6 Å². The highest BCUT2D eigenvalue weighted by Gasteiger charge is 2.16. The number of rotatable bonds is 4. The molecule has 8 heteroatoms. The lowest BCUT2D eigenvalue weighted by Gasteiger charge is -2.22. The second kappa shape index (κ2) is 8.78. The maximum absolute atomic E-state index is 6.17. The first-order chi connectivity index (χ1) is 11.7. The number of halogens is 1. The highest BCUT2D eigenvalue weighted by molar-refractivity contribution is 7.80. The van der Waals surface area contributed by atoms with Crippen molar-refractivity contribution in [2.75, 3.05) is 36.5 Å². The summed E-state index contributed by atoms with van der Waals surface area (Å²) in [5.74, 6) is 1.30. The van der Waals surface area contributed by atoms with Crippen LogP contribution in [0.4, 0.5) is 11.8 Å². The van der Waals surface area contributed by atoms with Gasteiger partial charge >= 0.3 is 0 Å². The highest BCUT2D eigenvalue weighted by Crippen LogP contribution is 2.21. The molecule has 3 heterocycles. The minimum Gasteiger partial charge on any atom is -0.376 e. The van der Waals surface area contributed by atoms with Crippen LogP contribution in [-0.4, -0.2) is 47.4 Å². The minimum atomic E-state index is 0.234. The summed E-state index contributed by atoms with van der Waals surface area (Å²) >= 11 is 11.5. The zero-order chi connectivity index (χ0) is 16.8. The molecule has 132 valence electrons. The Hall–Kier alpha value is -1.18. The fraction of sp³-hybridized carbons (Fsp3) is 0.688. The Morgan fingerprint density at radius 3 is 2.75 bits per heavy atom. The van der Waals surface area contributed by atoms with Crippen molar-refractivity contribution in [3.8, 4) is 0 Å². The standard InChI is InChI=1S/C16H24ClN5OS/c17-13-10-14(22-7-3-1-2-4-8-22)20-15(19-13)21-16(24)18-11-12-6-5-9-23-12/h10,12H,1-9,11H2,(H2,18,19,20,21,24)/t12-/m0/s1. The van der Waals surface area contributed by atoms with E-state index in [9.17, 15) is 0 Å². The molecule has 2 N–H and O–H groups in total. The first-order valence-corrected chi connectivity index (χ1v) is 9.45. The lowest BCUT2D eigenvalue weighted by Crippen LogP contribution is -2.35. The van der Waals surface area contributed by atoms with E-state index in [-0.39, 0.29) is 6.10 Å². The van der Waals surface area contributed by atoms with Gasteiger partial charge in [-0.15, -0.1) is 0 Å². The van der Waals surface area contributed by atoms with Crippen molar-refractivity contribution >= 4 is 40.7 Å². The second-order valence-corrected chi connectivity index (χ2v) is 7.04. The first-order valence-electron chi connectivity index (χ1n) is 8.67. The normalized spacial score (nSPS) is 21.4. The van der Waals surface area contributed by atoms with Crippen molar-refractivity contribution in [2.24, 2.45) is 0 Å². The molecular formula is C16H24ClN5OS. The van der Waals surface area contributed by atoms with E-state index in [0.29, 0.717) is 22.8 Å². The van der Waals surface area contributed by atoms with Crippen LogP contribution >= 0.6 is 23.8 Å². The van der Waals surface area contributed by atoms with Gasteiger partial charge < -0.3 is 20.3 Å². The van der Waals surface area contributed by atoms with Gasteiger partial charge in [-0.25, -0.2) is 4.98 Å². The maximum atomic E-state index is 6.17. The van der Waals surface area contributed by atoms with Crippen molar-refractivity contribution in [3.05, 3.63) is 11.2 Å². The predicted molar refractivity (Wildman–Crippen MR) is 101 cm³/mol. The van der Waals surface area contributed by atoms with Gasteiger partial charge in [0.05, 0.1) is 6.10 Å². The smallest absolute Gasteiger partial charge is 0.232 e. The molecule has 3 rings (SSSR count). The van der Waals surface area contributed by atoms with Crippen LogP contribution in [0.3, 0.4) is 0 Å². The topological polar surface area (TPSA) is 62.3 Å². The molecule has 0 amide bonds. The van der Waals surface area contributed by atoms with Gasteiger partial charge in [0.15, 0.2) is 5.11 Å². The van der Waals surface area contributed by atoms with Crippen LogP contribution in [0.1, 0.15) is 38.5 Å². The first kappa shape index (κ1) is 17.6. The van der Waals surface area contributed by atoms with Gasteiger partial charge in [-0.2, -0.15) is 4.98 Å². The molecular weight excluding hydrogens is 346 g/mol. The number of thiocarbonyl (C=S) groups is 1. The van der Waals surface area contributed by atoms with E-state index in [1.807, 2.05) is 6.07 Å². The Labute approximate surface area is 153 Å². The van der Waals surface area contributed by atoms with E-state index in [1.165, 1.54) is 25.7 Å². The molecule has 2 saturated heterocycles. The zero-order valence-corrected chi connectivity index (χ0v) is 15.3. The Balaban J connectivity index is 1.59. The quantitative estimate of drug-likeness (QED) is 0.624. The summed E-state index contributed by atoms with van der Waals surface area (Å²) in [5, 5.41) is 7.11. The summed E-state index contributed by atoms with van der Waals surface area (Å²) in [5.41, 5.74) is 0. The third-order valence-electron chi connectivity index (χ3n) is 4.35. The summed E-state index contributed by atoms with van der Waals surface area (Å²) in [7, 11) is 0. The van der Waals surface area contributed by atoms with Crippen LogP contribution in [0, 0.1) is 0 Å². The van der Waals surface area contributed by atoms with E-state index in [1.54, 1.807) is 0 Å². The Kier molecular flexibility index (Phi) is 6.45. The van der Waals surface area contributed by atoms with E-state index in [0.717, 1.165) is 38.4 Å². The number of hydrogen-bond donors (Lipinski definition) is 2. The van der Waals surface area contributed by atoms with Crippen molar-refractivity contribution in [1.82, 2.24) is 15.3 Å². The Morgan fingerprint density at radius 2 is 2.04 bits per heavy atom. The van der Waals surface area contributed by atoms with E-state index < -0.39 is 0 Å². The minimum absolute atomic E-state index is 0.234. The summed E-state index contributed by atoms with van der Waals surface area (Å²) in [6.07, 6.45) is 7.34. The van der Waals surface area contributed by atoms with Gasteiger partial charge in [-0.3, -0.25) is 0 Å². The van der Waals surface area contributed by atoms with Crippen LogP contribution in [0.15, 0.2) is 6.07 Å². The molecule has 0 unspecified atom stereocenters. The van der Waals surface area contributed by atoms with Gasteiger partial charge in [0.2, 0.25) is 5.95 Å². The molecule has 0 spiro atoms. The SMILES string of the molecule is S=C(NC[C@@H]1CCCO1)Nc1nc(Cl)cc(N2CCCCCC2)n1. The molecule has 0 radical (unpaired) electrons. The van der Waals surface area contributed by atoms with Gasteiger partial charge in [-0.1, -0.05) is 24.4 Å². The summed E-state index contributed by atoms with van der Waals surface area (Å²) in [6.45, 7) is 3.55. The summed E-state index contributed by atoms with van der Waals surface area (Å²) < 4.78 is 5.57. The van der Waals surface area contributed by atoms with Gasteiger partial charge in [0.25, 0.3) is 0 Å². The molecule has 24 heavy (non-hydrogen) atoms. The molecule has 0 aromatic carbocycles. The lowest BCUT2D eigenvalue weighted by atomic mass is 10.2. The number of nitrogens with zero attached hydrogens (tertiary/aromatic N) is 3. The number of nitrogens with one attached hydrogen (secondary N) is 2. The average Bonchev–Trinajstić information content (AvgIpc) is 2.92. The molecule has 1 aromatic heterocycles. The van der Waals surface area contributed by atoms with Crippen LogP contribution in [0.5, 0.6) is 0 Å². The third-order valence-corrected chi connectivity index (χ3v) is 4.79. The number of anilines is 2. The van der Waals surface area contributed by atoms with Crippen molar-refractivity contribution < 1.29 is 4.74 Å². The van der Waals surface area contributed by atoms with Crippen LogP contribution in [-0.2, 0) is 4.74 Å². The molecule has 1 aromatic rings. The predicted octanol–water partition coefficient (Wildman–Crippen LogP) is 2.98. The Bertz CT molecular complexity index is 559. The van der Waals surface area contributed by atoms with Gasteiger partial charge in [0, 0.05) is 32.3 Å². The third kappa shape index (κ3) is 5.16. The second-order valence-electron chi connectivity index (χ2n) is 6.24. The Morgan fingerprint density at radius 1 is 1.25 bits per heavy atom. The number of aromatic nitrogens is 2. The largest absolute Gasteiger partial charge is 0.376 e. The molecule has 6 nitrogen and oxygen atoms in total. The molecule has 2 aliphatic rings. The molecule has 0 saturated carbocycles. The van der Waals surface area contributed by atoms with Gasteiger partial charge in [0.1, 0.15) is 11.0 Å². The molecule has 1 atom stereocenters. The van der Waals surface area contributed by atoms with E-state index in [4.69, 9.17) is 28.6 Å². The van der Waals surface area contributed by atoms with Crippen LogP contribution < -0.4 is 15.5 Å². The van der Waals surface area contributed by atoms with Crippen molar-refractivity contribution in [3.63, 3.8) is 0 Å². The molecule has 0 aliphatic carbocycles. The number of ether oxygens (including phenoxy) is 1. The fourth-order valence-electron chi connectivity index (χ4n) is 3.08. The van der Waals surface area contributed by atoms with E-state index in [2.05, 4.69) is 25.5 Å². The van der Waals surface area contributed by atoms with Gasteiger partial charge in [-0.05, 0) is 37.9 Å². The summed E-state index contributed by atoms with van der Waals surface area (Å²) in [6, 6.07) is 1.82. The maximum Gasteiger partial charge on any atom is 0.232 e. The molecule has 2 aliphatic heterocycles. The van der Waals surface area contributed by atoms with Crippen LogP contribution in [0.2, 0.25) is 5.15 Å². The summed E-state index contributed by atoms with van der Waals surface area (Å²) in [4.78, 5) is 11.1. The van der Waals surface area contributed by atoms with Crippen LogP contribution in [0.25, 0.3) is 0 Å². The fourth-order valence-corrected chi connectivity index (χ4v) is 3.43. The zero-order valence-electron chi connectivity index (χ0n) is 13.8. The van der Waals surface area contributed by atoms with E-state index >= 15 is 0 Å². The molecule has 2 fully saturated rings. The monoisotopic (exact) mass is 369 g/mol. The van der Waals surface area contributed by atoms with Crippen molar-refractivity contribution in [1.29, 1.82) is 0 Å². The number of hydrogen-bond acceptors (Lipinski definition) is 5. The lowest BCUT2D eigenvalue weighted by molar-refractivity contribution is 0.114. The highest BCUT2D eigenvalue weighted by atomic mass is 35.5. The molecule has 0 bridgehead atoms.